The molecule has 0 aliphatic carbocycles. The zero-order valence-corrected chi connectivity index (χ0v) is 15.0. The Morgan fingerprint density at radius 2 is 2.08 bits per heavy atom. The van der Waals surface area contributed by atoms with Crippen LogP contribution < -0.4 is 0 Å². The monoisotopic (exact) mass is 348 g/mol. The number of benzene rings is 1. The van der Waals surface area contributed by atoms with Gasteiger partial charge in [0.15, 0.2) is 0 Å². The SMILES string of the molecule is Cc1nc(C)n(CC2CN(CCS(=O)c3ccccc3)CCO2)n1. The smallest absolute Gasteiger partial charge is 0.147 e. The summed E-state index contributed by atoms with van der Waals surface area (Å²) in [5.74, 6) is 2.36. The molecule has 0 bridgehead atoms. The average Bonchev–Trinajstić information content (AvgIpc) is 2.91. The molecule has 1 aromatic carbocycles. The van der Waals surface area contributed by atoms with Gasteiger partial charge in [0, 0.05) is 30.3 Å². The fraction of sp³-hybridized carbons (Fsp3) is 0.529. The van der Waals surface area contributed by atoms with Crippen LogP contribution in [0, 0.1) is 13.8 Å². The van der Waals surface area contributed by atoms with Crippen LogP contribution in [0.1, 0.15) is 11.6 Å². The number of aryl methyl sites for hydroxylation is 2. The molecule has 0 N–H and O–H groups in total. The van der Waals surface area contributed by atoms with Gasteiger partial charge in [-0.05, 0) is 26.0 Å². The summed E-state index contributed by atoms with van der Waals surface area (Å²) in [4.78, 5) is 7.56. The lowest BCUT2D eigenvalue weighted by Gasteiger charge is -2.32. The van der Waals surface area contributed by atoms with Gasteiger partial charge in [-0.1, -0.05) is 18.2 Å². The second-order valence-corrected chi connectivity index (χ2v) is 7.62. The Balaban J connectivity index is 1.50. The summed E-state index contributed by atoms with van der Waals surface area (Å²) in [6, 6.07) is 9.66. The van der Waals surface area contributed by atoms with E-state index in [9.17, 15) is 4.21 Å². The fourth-order valence-corrected chi connectivity index (χ4v) is 4.04. The minimum atomic E-state index is -0.945. The molecular weight excluding hydrogens is 324 g/mol. The number of nitrogens with zero attached hydrogens (tertiary/aromatic N) is 4. The van der Waals surface area contributed by atoms with E-state index in [0.29, 0.717) is 18.9 Å². The normalized spacial score (nSPS) is 20.2. The third kappa shape index (κ3) is 4.49. The minimum Gasteiger partial charge on any atom is -0.374 e. The first-order valence-electron chi connectivity index (χ1n) is 8.27. The number of hydrogen-bond donors (Lipinski definition) is 0. The van der Waals surface area contributed by atoms with Gasteiger partial charge in [-0.3, -0.25) is 9.11 Å². The highest BCUT2D eigenvalue weighted by Crippen LogP contribution is 2.10. The third-order valence-electron chi connectivity index (χ3n) is 4.16. The molecule has 0 amide bonds. The van der Waals surface area contributed by atoms with E-state index in [4.69, 9.17) is 4.74 Å². The minimum absolute atomic E-state index is 0.101. The van der Waals surface area contributed by atoms with Crippen LogP contribution >= 0.6 is 0 Å². The molecule has 6 nitrogen and oxygen atoms in total. The second kappa shape index (κ2) is 8.00. The lowest BCUT2D eigenvalue weighted by atomic mass is 10.2. The number of hydrogen-bond acceptors (Lipinski definition) is 5. The summed E-state index contributed by atoms with van der Waals surface area (Å²) >= 11 is 0. The van der Waals surface area contributed by atoms with Crippen molar-refractivity contribution in [2.45, 2.75) is 31.4 Å². The summed E-state index contributed by atoms with van der Waals surface area (Å²) in [6.45, 7) is 7.82. The lowest BCUT2D eigenvalue weighted by molar-refractivity contribution is -0.0358. The van der Waals surface area contributed by atoms with E-state index >= 15 is 0 Å². The van der Waals surface area contributed by atoms with Crippen LogP contribution in [0.3, 0.4) is 0 Å². The molecule has 130 valence electrons. The number of aromatic nitrogens is 3. The molecule has 3 rings (SSSR count). The van der Waals surface area contributed by atoms with Crippen molar-refractivity contribution >= 4 is 10.8 Å². The Morgan fingerprint density at radius 3 is 2.79 bits per heavy atom. The maximum absolute atomic E-state index is 12.3. The summed E-state index contributed by atoms with van der Waals surface area (Å²) in [5, 5.41) is 4.40. The Morgan fingerprint density at radius 1 is 1.29 bits per heavy atom. The van der Waals surface area contributed by atoms with Gasteiger partial charge in [0.2, 0.25) is 0 Å². The van der Waals surface area contributed by atoms with Crippen molar-refractivity contribution in [2.75, 3.05) is 32.0 Å². The standard InChI is InChI=1S/C17H24N4O2S/c1-14-18-15(2)21(19-14)13-16-12-20(8-10-23-16)9-11-24(22)17-6-4-3-5-7-17/h3-7,16H,8-13H2,1-2H3. The zero-order chi connectivity index (χ0) is 16.9. The predicted octanol–water partition coefficient (Wildman–Crippen LogP) is 1.40. The molecule has 2 unspecified atom stereocenters. The molecule has 2 aromatic rings. The molecule has 1 aliphatic rings. The van der Waals surface area contributed by atoms with Gasteiger partial charge >= 0.3 is 0 Å². The summed E-state index contributed by atoms with van der Waals surface area (Å²) in [6.07, 6.45) is 0.101. The average molecular weight is 348 g/mol. The van der Waals surface area contributed by atoms with Crippen molar-refractivity contribution in [1.82, 2.24) is 19.7 Å². The van der Waals surface area contributed by atoms with Crippen LogP contribution in [-0.2, 0) is 22.1 Å². The molecule has 0 spiro atoms. The highest BCUT2D eigenvalue weighted by molar-refractivity contribution is 7.85. The molecule has 1 aliphatic heterocycles. The van der Waals surface area contributed by atoms with Crippen molar-refractivity contribution in [3.05, 3.63) is 42.0 Å². The van der Waals surface area contributed by atoms with Crippen LogP contribution in [0.2, 0.25) is 0 Å². The van der Waals surface area contributed by atoms with Crippen LogP contribution in [0.4, 0.5) is 0 Å². The Bertz CT molecular complexity index is 689. The van der Waals surface area contributed by atoms with E-state index in [1.165, 1.54) is 0 Å². The lowest BCUT2D eigenvalue weighted by Crippen LogP contribution is -2.45. The largest absolute Gasteiger partial charge is 0.374 e. The molecule has 2 heterocycles. The van der Waals surface area contributed by atoms with Gasteiger partial charge < -0.3 is 4.74 Å². The Hall–Kier alpha value is -1.57. The van der Waals surface area contributed by atoms with Crippen molar-refractivity contribution in [1.29, 1.82) is 0 Å². The van der Waals surface area contributed by atoms with Crippen molar-refractivity contribution in [3.63, 3.8) is 0 Å². The second-order valence-electron chi connectivity index (χ2n) is 6.04. The highest BCUT2D eigenvalue weighted by atomic mass is 32.2. The predicted molar refractivity (Wildman–Crippen MR) is 93.4 cm³/mol. The van der Waals surface area contributed by atoms with Crippen LogP contribution in [0.15, 0.2) is 35.2 Å². The molecule has 1 aromatic heterocycles. The van der Waals surface area contributed by atoms with E-state index in [0.717, 1.165) is 36.2 Å². The van der Waals surface area contributed by atoms with Crippen LogP contribution in [-0.4, -0.2) is 62.0 Å². The van der Waals surface area contributed by atoms with Crippen molar-refractivity contribution < 1.29 is 8.95 Å². The first-order chi connectivity index (χ1) is 11.6. The molecule has 7 heteroatoms. The first-order valence-corrected chi connectivity index (χ1v) is 9.59. The molecule has 1 fully saturated rings. The summed E-state index contributed by atoms with van der Waals surface area (Å²) < 4.78 is 20.1. The Labute approximate surface area is 145 Å². The highest BCUT2D eigenvalue weighted by Gasteiger charge is 2.22. The van der Waals surface area contributed by atoms with Crippen LogP contribution in [0.25, 0.3) is 0 Å². The Kier molecular flexibility index (Phi) is 5.76. The van der Waals surface area contributed by atoms with Gasteiger partial charge in [0.25, 0.3) is 0 Å². The third-order valence-corrected chi connectivity index (χ3v) is 5.51. The first kappa shape index (κ1) is 17.3. The quantitative estimate of drug-likeness (QED) is 0.790. The topological polar surface area (TPSA) is 60.2 Å². The molecule has 2 atom stereocenters. The molecule has 1 saturated heterocycles. The fourth-order valence-electron chi connectivity index (χ4n) is 2.92. The maximum Gasteiger partial charge on any atom is 0.147 e. The van der Waals surface area contributed by atoms with E-state index in [1.54, 1.807) is 0 Å². The maximum atomic E-state index is 12.3. The van der Waals surface area contributed by atoms with Gasteiger partial charge in [-0.15, -0.1) is 0 Å². The van der Waals surface area contributed by atoms with Gasteiger partial charge in [0.05, 0.1) is 30.1 Å². The summed E-state index contributed by atoms with van der Waals surface area (Å²) in [5.41, 5.74) is 0. The molecule has 24 heavy (non-hydrogen) atoms. The van der Waals surface area contributed by atoms with E-state index < -0.39 is 10.8 Å². The number of rotatable bonds is 6. The number of morpholine rings is 1. The van der Waals surface area contributed by atoms with E-state index in [1.807, 2.05) is 48.9 Å². The summed E-state index contributed by atoms with van der Waals surface area (Å²) in [7, 11) is -0.945. The van der Waals surface area contributed by atoms with Gasteiger partial charge in [-0.2, -0.15) is 5.10 Å². The van der Waals surface area contributed by atoms with Crippen molar-refractivity contribution in [3.8, 4) is 0 Å². The van der Waals surface area contributed by atoms with Crippen molar-refractivity contribution in [2.24, 2.45) is 0 Å². The van der Waals surface area contributed by atoms with Crippen LogP contribution in [0.5, 0.6) is 0 Å². The van der Waals surface area contributed by atoms with Gasteiger partial charge in [-0.25, -0.2) is 9.67 Å². The molecular formula is C17H24N4O2S. The number of ether oxygens (including phenoxy) is 1. The van der Waals surface area contributed by atoms with E-state index in [2.05, 4.69) is 15.0 Å². The molecule has 0 radical (unpaired) electrons. The zero-order valence-electron chi connectivity index (χ0n) is 14.2. The van der Waals surface area contributed by atoms with Gasteiger partial charge in [0.1, 0.15) is 11.6 Å². The molecule has 0 saturated carbocycles. The van der Waals surface area contributed by atoms with E-state index in [-0.39, 0.29) is 6.10 Å².